The molecule has 0 bridgehead atoms. The Hall–Kier alpha value is -1.41. The van der Waals surface area contributed by atoms with E-state index in [1.807, 2.05) is 0 Å². The monoisotopic (exact) mass is 256 g/mol. The second-order valence-corrected chi connectivity index (χ2v) is 4.34. The molecule has 1 amide bonds. The largest absolute Gasteiger partial charge is 0.390 e. The number of amides is 1. The van der Waals surface area contributed by atoms with E-state index in [9.17, 15) is 20.1 Å². The molecule has 2 aliphatic heterocycles. The number of nitrogens with two attached hydrogens (primary N) is 1. The van der Waals surface area contributed by atoms with Crippen LogP contribution in [0.3, 0.4) is 0 Å². The van der Waals surface area contributed by atoms with Gasteiger partial charge in [0.25, 0.3) is 0 Å². The molecule has 7 heteroatoms. The van der Waals surface area contributed by atoms with Crippen molar-refractivity contribution in [3.05, 3.63) is 23.9 Å². The van der Waals surface area contributed by atoms with Crippen LogP contribution in [0.1, 0.15) is 6.42 Å². The Labute approximate surface area is 104 Å². The molecule has 0 aromatic carbocycles. The summed E-state index contributed by atoms with van der Waals surface area (Å²) < 4.78 is 5.18. The molecule has 0 aliphatic carbocycles. The summed E-state index contributed by atoms with van der Waals surface area (Å²) >= 11 is 0. The Kier molecular flexibility index (Phi) is 3.67. The summed E-state index contributed by atoms with van der Waals surface area (Å²) in [5, 5.41) is 28.8. The smallest absolute Gasteiger partial charge is 0.246 e. The lowest BCUT2D eigenvalue weighted by molar-refractivity contribution is -0.263. The highest BCUT2D eigenvalue weighted by Crippen LogP contribution is 2.24. The van der Waals surface area contributed by atoms with Gasteiger partial charge >= 0.3 is 0 Å². The van der Waals surface area contributed by atoms with Gasteiger partial charge in [0.15, 0.2) is 12.5 Å². The van der Waals surface area contributed by atoms with E-state index in [0.29, 0.717) is 5.57 Å². The topological polar surface area (TPSA) is 116 Å². The van der Waals surface area contributed by atoms with Crippen LogP contribution in [0, 0.1) is 0 Å². The molecule has 7 nitrogen and oxygen atoms in total. The molecule has 2 heterocycles. The van der Waals surface area contributed by atoms with Crippen LogP contribution in [0.15, 0.2) is 23.9 Å². The zero-order chi connectivity index (χ0) is 13.3. The number of carbonyl (C=O) groups is 1. The van der Waals surface area contributed by atoms with Crippen LogP contribution in [0.2, 0.25) is 0 Å². The van der Waals surface area contributed by atoms with Crippen LogP contribution in [0.4, 0.5) is 0 Å². The molecule has 1 fully saturated rings. The third kappa shape index (κ3) is 2.54. The minimum absolute atomic E-state index is 0.0479. The van der Waals surface area contributed by atoms with Gasteiger partial charge in [-0.3, -0.25) is 4.79 Å². The number of primary amides is 1. The summed E-state index contributed by atoms with van der Waals surface area (Å²) in [6.45, 7) is 0.160. The highest BCUT2D eigenvalue weighted by Gasteiger charge is 2.39. The SMILES string of the molecule is NC(=O)C1=CC=CN(C2OC(O)C[C@H](O)[C@@H]2O)C1. The van der Waals surface area contributed by atoms with E-state index in [4.69, 9.17) is 10.5 Å². The van der Waals surface area contributed by atoms with Gasteiger partial charge in [-0.25, -0.2) is 0 Å². The summed E-state index contributed by atoms with van der Waals surface area (Å²) in [5.41, 5.74) is 5.54. The van der Waals surface area contributed by atoms with E-state index in [1.165, 1.54) is 4.90 Å². The lowest BCUT2D eigenvalue weighted by Crippen LogP contribution is -2.55. The maximum atomic E-state index is 11.1. The summed E-state index contributed by atoms with van der Waals surface area (Å²) in [5.74, 6) is -0.559. The van der Waals surface area contributed by atoms with Gasteiger partial charge in [0.2, 0.25) is 5.91 Å². The fraction of sp³-hybridized carbons (Fsp3) is 0.545. The van der Waals surface area contributed by atoms with Gasteiger partial charge in [0.05, 0.1) is 12.6 Å². The van der Waals surface area contributed by atoms with Crippen LogP contribution in [0.5, 0.6) is 0 Å². The Morgan fingerprint density at radius 2 is 2.17 bits per heavy atom. The fourth-order valence-corrected chi connectivity index (χ4v) is 2.01. The van der Waals surface area contributed by atoms with Gasteiger partial charge in [-0.1, -0.05) is 6.08 Å². The molecule has 5 N–H and O–H groups in total. The van der Waals surface area contributed by atoms with Crippen molar-refractivity contribution < 1.29 is 24.9 Å². The molecule has 0 spiro atoms. The van der Waals surface area contributed by atoms with Gasteiger partial charge < -0.3 is 30.7 Å². The van der Waals surface area contributed by atoms with Gasteiger partial charge in [-0.15, -0.1) is 0 Å². The molecule has 18 heavy (non-hydrogen) atoms. The van der Waals surface area contributed by atoms with E-state index in [0.717, 1.165) is 0 Å². The van der Waals surface area contributed by atoms with Gasteiger partial charge in [0.1, 0.15) is 6.10 Å². The number of nitrogens with zero attached hydrogens (tertiary/aromatic N) is 1. The molecule has 1 saturated heterocycles. The maximum Gasteiger partial charge on any atom is 0.246 e. The summed E-state index contributed by atoms with van der Waals surface area (Å²) in [7, 11) is 0. The molecule has 4 atom stereocenters. The van der Waals surface area contributed by atoms with Crippen LogP contribution in [-0.2, 0) is 9.53 Å². The van der Waals surface area contributed by atoms with Crippen molar-refractivity contribution in [2.24, 2.45) is 5.73 Å². The minimum Gasteiger partial charge on any atom is -0.390 e. The van der Waals surface area contributed by atoms with E-state index < -0.39 is 30.6 Å². The first-order valence-corrected chi connectivity index (χ1v) is 5.61. The van der Waals surface area contributed by atoms with Crippen LogP contribution in [0.25, 0.3) is 0 Å². The molecule has 2 unspecified atom stereocenters. The molecule has 0 aromatic rings. The molecular formula is C11H16N2O5. The Morgan fingerprint density at radius 3 is 2.83 bits per heavy atom. The van der Waals surface area contributed by atoms with Crippen molar-refractivity contribution in [3.63, 3.8) is 0 Å². The number of ether oxygens (including phenoxy) is 1. The number of rotatable bonds is 2. The van der Waals surface area contributed by atoms with Gasteiger partial charge in [0, 0.05) is 18.2 Å². The number of hydrogen-bond donors (Lipinski definition) is 4. The fourth-order valence-electron chi connectivity index (χ4n) is 2.01. The zero-order valence-electron chi connectivity index (χ0n) is 9.64. The van der Waals surface area contributed by atoms with Crippen molar-refractivity contribution in [3.8, 4) is 0 Å². The van der Waals surface area contributed by atoms with Crippen molar-refractivity contribution >= 4 is 5.91 Å². The van der Waals surface area contributed by atoms with E-state index in [-0.39, 0.29) is 13.0 Å². The Bertz CT molecular complexity index is 395. The Morgan fingerprint density at radius 1 is 1.44 bits per heavy atom. The highest BCUT2D eigenvalue weighted by atomic mass is 16.6. The van der Waals surface area contributed by atoms with Crippen LogP contribution in [-0.4, -0.2) is 57.4 Å². The normalized spacial score (nSPS) is 36.4. The second-order valence-electron chi connectivity index (χ2n) is 4.34. The quantitative estimate of drug-likeness (QED) is 0.455. The van der Waals surface area contributed by atoms with Crippen molar-refractivity contribution in [2.45, 2.75) is 31.1 Å². The van der Waals surface area contributed by atoms with Crippen LogP contribution >= 0.6 is 0 Å². The lowest BCUT2D eigenvalue weighted by atomic mass is 10.0. The van der Waals surface area contributed by atoms with E-state index in [2.05, 4.69) is 0 Å². The molecule has 0 radical (unpaired) electrons. The number of aliphatic hydroxyl groups excluding tert-OH is 3. The van der Waals surface area contributed by atoms with Gasteiger partial charge in [-0.05, 0) is 6.08 Å². The summed E-state index contributed by atoms with van der Waals surface area (Å²) in [6.07, 6.45) is 0.417. The van der Waals surface area contributed by atoms with Crippen molar-refractivity contribution in [1.29, 1.82) is 0 Å². The Balaban J connectivity index is 2.10. The average Bonchev–Trinajstić information content (AvgIpc) is 2.34. The third-order valence-electron chi connectivity index (χ3n) is 3.00. The number of allylic oxidation sites excluding steroid dienone is 2. The van der Waals surface area contributed by atoms with Gasteiger partial charge in [-0.2, -0.15) is 0 Å². The second kappa shape index (κ2) is 5.07. The zero-order valence-corrected chi connectivity index (χ0v) is 9.64. The maximum absolute atomic E-state index is 11.1. The molecule has 0 saturated carbocycles. The van der Waals surface area contributed by atoms with E-state index in [1.54, 1.807) is 18.4 Å². The molecule has 2 rings (SSSR count). The average molecular weight is 256 g/mol. The lowest BCUT2D eigenvalue weighted by Gasteiger charge is -2.41. The predicted molar refractivity (Wildman–Crippen MR) is 60.6 cm³/mol. The summed E-state index contributed by atoms with van der Waals surface area (Å²) in [4.78, 5) is 12.6. The first-order chi connectivity index (χ1) is 8.49. The number of aliphatic hydroxyl groups is 3. The predicted octanol–water partition coefficient (Wildman–Crippen LogP) is -1.99. The molecule has 0 aromatic heterocycles. The third-order valence-corrected chi connectivity index (χ3v) is 3.00. The molecular weight excluding hydrogens is 240 g/mol. The standard InChI is InChI=1S/C11H16N2O5/c12-10(17)6-2-1-3-13(5-6)11-9(16)7(14)4-8(15)18-11/h1-3,7-9,11,14-16H,4-5H2,(H2,12,17)/t7-,8?,9-,11?/m0/s1. The first kappa shape index (κ1) is 13.0. The van der Waals surface area contributed by atoms with Crippen LogP contribution < -0.4 is 5.73 Å². The number of carbonyl (C=O) groups excluding carboxylic acids is 1. The highest BCUT2D eigenvalue weighted by molar-refractivity contribution is 5.92. The first-order valence-electron chi connectivity index (χ1n) is 5.61. The number of hydrogen-bond acceptors (Lipinski definition) is 6. The van der Waals surface area contributed by atoms with E-state index >= 15 is 0 Å². The minimum atomic E-state index is -1.16. The van der Waals surface area contributed by atoms with Crippen molar-refractivity contribution in [1.82, 2.24) is 4.90 Å². The molecule has 100 valence electrons. The summed E-state index contributed by atoms with van der Waals surface area (Å²) in [6, 6.07) is 0. The van der Waals surface area contributed by atoms with Crippen molar-refractivity contribution in [2.75, 3.05) is 6.54 Å². The molecule has 2 aliphatic rings.